The molecular weight excluding hydrogens is 1540 g/mol. The fraction of sp³-hybridized carbons (Fsp3) is 1.00. The maximum atomic E-state index is 12.0. The lowest BCUT2D eigenvalue weighted by atomic mass is 9.99. The molecule has 9 aliphatic rings. The van der Waals surface area contributed by atoms with Crippen molar-refractivity contribution < 1.29 is 253 Å². The summed E-state index contributed by atoms with van der Waals surface area (Å²) in [6, 6.07) is 0. The second-order valence-electron chi connectivity index (χ2n) is 28.1. The Hall–Kier alpha value is -2.04. The summed E-state index contributed by atoms with van der Waals surface area (Å²) in [5.41, 5.74) is 0. The van der Waals surface area contributed by atoms with Gasteiger partial charge in [0.25, 0.3) is 0 Å². The lowest BCUT2D eigenvalue weighted by Gasteiger charge is -2.45. The Kier molecular flexibility index (Phi) is 31.2. The standard InChI is InChI=1S/C60H104O51/c61-1-22(2-62)102-52(12-72,93-15-54(44(86)34(76)25(5-65)104-54)100-21-60(50(92)40(82)31(11-71)110-60)111-51-42(84)41(83)32(74)23(3-63)101-51)14-94-55(45(87)35(77)26(6-66)105-55)17-96-57(47(89)37(79)28(8-68)107-57)19-98-59(49(91)39(81)30(10-70)109-59)20-99-58(48(90)38(80)29(9-69)108-58)18-97-56(46(88)36(78)27(7-67)106-56)16-95-53(13-73)43(85)33(75)24(4-64)103-53/h22-51,61-92H,1-21H2/t23-,24-,25-,26-,27-,28-,29-,30-,31-,32-,33-,34-,35-,36-,37-,38-,39-,40-,41+,42-,43+,44+,45+,46+,47+,48+,49+,50+,51-,52+,53-,54-,55-,56-,57-,58-,59-,60+/m1/s1. The number of hydrogen-bond donors (Lipinski definition) is 32. The molecule has 0 spiro atoms. The number of ether oxygens (including phenoxy) is 19. The van der Waals surface area contributed by atoms with Gasteiger partial charge in [-0.2, -0.15) is 0 Å². The van der Waals surface area contributed by atoms with Crippen LogP contribution in [0.3, 0.4) is 0 Å². The first kappa shape index (κ1) is 92.8. The number of aliphatic hydroxyl groups is 32. The van der Waals surface area contributed by atoms with Crippen molar-refractivity contribution in [1.82, 2.24) is 0 Å². The minimum absolute atomic E-state index is 0.964. The Morgan fingerprint density at radius 2 is 0.505 bits per heavy atom. The molecule has 32 N–H and O–H groups in total. The van der Waals surface area contributed by atoms with Crippen LogP contribution in [0.1, 0.15) is 0 Å². The summed E-state index contributed by atoms with van der Waals surface area (Å²) in [4.78, 5) is 0. The molecule has 111 heavy (non-hydrogen) atoms. The molecule has 0 unspecified atom stereocenters. The van der Waals surface area contributed by atoms with Gasteiger partial charge in [0, 0.05) is 0 Å². The van der Waals surface area contributed by atoms with Gasteiger partial charge in [-0.05, 0) is 0 Å². The van der Waals surface area contributed by atoms with E-state index in [9.17, 15) is 163 Å². The molecule has 38 atom stereocenters. The van der Waals surface area contributed by atoms with Crippen LogP contribution >= 0.6 is 0 Å². The van der Waals surface area contributed by atoms with E-state index in [1.165, 1.54) is 0 Å². The predicted octanol–water partition coefficient (Wildman–Crippen LogP) is -22.5. The van der Waals surface area contributed by atoms with E-state index in [1.54, 1.807) is 0 Å². The fourth-order valence-corrected chi connectivity index (χ4v) is 14.1. The van der Waals surface area contributed by atoms with Crippen molar-refractivity contribution in [1.29, 1.82) is 0 Å². The fourth-order valence-electron chi connectivity index (χ4n) is 14.1. The minimum Gasteiger partial charge on any atom is -0.394 e. The number of rotatable bonds is 41. The largest absolute Gasteiger partial charge is 0.394 e. The van der Waals surface area contributed by atoms with Gasteiger partial charge in [-0.15, -0.1) is 0 Å². The smallest absolute Gasteiger partial charge is 0.224 e. The molecule has 0 aromatic rings. The van der Waals surface area contributed by atoms with Crippen molar-refractivity contribution in [2.75, 3.05) is 139 Å². The molecule has 0 aliphatic carbocycles. The van der Waals surface area contributed by atoms with E-state index in [0.29, 0.717) is 0 Å². The van der Waals surface area contributed by atoms with Crippen LogP contribution in [0.2, 0.25) is 0 Å². The average molecular weight is 1640 g/mol. The third kappa shape index (κ3) is 17.4. The minimum atomic E-state index is -3.20. The molecule has 0 amide bonds. The molecule has 9 fully saturated rings. The highest BCUT2D eigenvalue weighted by atomic mass is 16.9. The highest BCUT2D eigenvalue weighted by Gasteiger charge is 2.69. The van der Waals surface area contributed by atoms with Gasteiger partial charge >= 0.3 is 0 Å². The molecule has 51 heteroatoms. The van der Waals surface area contributed by atoms with Crippen molar-refractivity contribution in [3.05, 3.63) is 0 Å². The first-order valence-electron chi connectivity index (χ1n) is 34.8. The number of aliphatic hydroxyl groups excluding tert-OH is 32. The van der Waals surface area contributed by atoms with Crippen molar-refractivity contribution in [2.45, 2.75) is 235 Å². The molecule has 0 aromatic heterocycles. The Morgan fingerprint density at radius 3 is 0.775 bits per heavy atom. The van der Waals surface area contributed by atoms with E-state index >= 15 is 0 Å². The molecule has 9 rings (SSSR count). The Labute approximate surface area is 626 Å². The summed E-state index contributed by atoms with van der Waals surface area (Å²) in [7, 11) is 0. The molecule has 9 saturated heterocycles. The summed E-state index contributed by atoms with van der Waals surface area (Å²) < 4.78 is 111. The van der Waals surface area contributed by atoms with E-state index in [1.807, 2.05) is 0 Å². The van der Waals surface area contributed by atoms with Gasteiger partial charge in [0.2, 0.25) is 52.1 Å². The van der Waals surface area contributed by atoms with Crippen LogP contribution in [0.15, 0.2) is 0 Å². The second-order valence-corrected chi connectivity index (χ2v) is 28.1. The summed E-state index contributed by atoms with van der Waals surface area (Å²) in [6.45, 7) is -27.6. The molecular formula is C60H104O51. The van der Waals surface area contributed by atoms with Crippen LogP contribution in [0.25, 0.3) is 0 Å². The Bertz CT molecular complexity index is 2870. The molecule has 51 nitrogen and oxygen atoms in total. The van der Waals surface area contributed by atoms with E-state index in [0.717, 1.165) is 0 Å². The second kappa shape index (κ2) is 37.3. The van der Waals surface area contributed by atoms with E-state index in [2.05, 4.69) is 0 Å². The average Bonchev–Trinajstić information content (AvgIpc) is 1.50. The summed E-state index contributed by atoms with van der Waals surface area (Å²) in [5, 5.41) is 350. The topological polar surface area (TPSA) is 823 Å². The lowest BCUT2D eigenvalue weighted by Crippen LogP contribution is -2.64. The van der Waals surface area contributed by atoms with Crippen LogP contribution < -0.4 is 0 Å². The normalized spacial score (nSPS) is 49.3. The summed E-state index contributed by atoms with van der Waals surface area (Å²) >= 11 is 0. The highest BCUT2D eigenvalue weighted by molar-refractivity contribution is 5.08. The van der Waals surface area contributed by atoms with Crippen LogP contribution in [-0.2, 0) is 90.0 Å². The van der Waals surface area contributed by atoms with Crippen LogP contribution in [-0.4, -0.2) is 538 Å². The molecule has 0 aromatic carbocycles. The van der Waals surface area contributed by atoms with Gasteiger partial charge in [0.05, 0.1) is 79.3 Å². The third-order valence-electron chi connectivity index (χ3n) is 21.1. The summed E-state index contributed by atoms with van der Waals surface area (Å²) in [6.07, 6.45) is -64.6. The summed E-state index contributed by atoms with van der Waals surface area (Å²) in [5.74, 6) is -27.5. The van der Waals surface area contributed by atoms with Gasteiger partial charge in [-0.25, -0.2) is 0 Å². The SMILES string of the molecule is OCC(CO)O[C@@](CO)(CO[C@]1(CO[C@]2(CO[C@]3(CO[C@]4(CO[C@]5(CO[C@]6(CO)O[C@H](CO)[C@@H](O)[C@@H]6O)O[C@H](CO)[C@@H](O)[C@@H]5O)O[C@H](CO)[C@@H](O)[C@@H]4O)O[C@H](CO)[C@@H](O)[C@@H]3O)O[C@H](CO)[C@@H](O)[C@@H]2O)O[C@H](CO)[C@@H](O)[C@@H]1O)OC[C@@]1(OC[C@@]2(O[C@H]3O[C@H](CO)[C@@H](O)[C@H](O)[C@H]3O)O[C@H](CO)[C@@H](O)[C@@H]2O)O[C@H](CO)[C@@H](O)[C@@H]1O. The first-order chi connectivity index (χ1) is 52.4. The van der Waals surface area contributed by atoms with Crippen LogP contribution in [0, 0.1) is 0 Å². The molecule has 0 saturated carbocycles. The van der Waals surface area contributed by atoms with Crippen molar-refractivity contribution >= 4 is 0 Å². The maximum Gasteiger partial charge on any atom is 0.224 e. The third-order valence-corrected chi connectivity index (χ3v) is 21.1. The van der Waals surface area contributed by atoms with E-state index < -0.39 is 374 Å². The molecule has 9 heterocycles. The van der Waals surface area contributed by atoms with Gasteiger partial charge in [-0.3, -0.25) is 0 Å². The zero-order chi connectivity index (χ0) is 82.1. The maximum absolute atomic E-state index is 12.0. The monoisotopic (exact) mass is 1640 g/mol. The van der Waals surface area contributed by atoms with Crippen molar-refractivity contribution in [3.63, 3.8) is 0 Å². The zero-order valence-electron chi connectivity index (χ0n) is 58.7. The number of hydrogen-bond acceptors (Lipinski definition) is 51. The van der Waals surface area contributed by atoms with E-state index in [-0.39, 0.29) is 0 Å². The van der Waals surface area contributed by atoms with Crippen molar-refractivity contribution in [3.8, 4) is 0 Å². The van der Waals surface area contributed by atoms with Crippen LogP contribution in [0.5, 0.6) is 0 Å². The molecule has 9 aliphatic heterocycles. The predicted molar refractivity (Wildman–Crippen MR) is 332 cm³/mol. The van der Waals surface area contributed by atoms with Crippen molar-refractivity contribution in [2.24, 2.45) is 0 Å². The van der Waals surface area contributed by atoms with Crippen LogP contribution in [0.4, 0.5) is 0 Å². The lowest BCUT2D eigenvalue weighted by molar-refractivity contribution is -0.409. The zero-order valence-corrected chi connectivity index (χ0v) is 58.7. The first-order valence-corrected chi connectivity index (χ1v) is 34.8. The van der Waals surface area contributed by atoms with Gasteiger partial charge in [-0.1, -0.05) is 0 Å². The molecule has 650 valence electrons. The van der Waals surface area contributed by atoms with Gasteiger partial charge in [0.1, 0.15) is 236 Å². The van der Waals surface area contributed by atoms with Gasteiger partial charge < -0.3 is 253 Å². The highest BCUT2D eigenvalue weighted by Crippen LogP contribution is 2.47. The molecule has 0 radical (unpaired) electrons. The Balaban J connectivity index is 1.03. The van der Waals surface area contributed by atoms with Gasteiger partial charge in [0.15, 0.2) is 6.29 Å². The molecule has 0 bridgehead atoms. The van der Waals surface area contributed by atoms with E-state index in [4.69, 9.17) is 90.0 Å². The quantitative estimate of drug-likeness (QED) is 0.0253. The Morgan fingerprint density at radius 1 is 0.261 bits per heavy atom.